The molecule has 1 atom stereocenters. The minimum atomic E-state index is -0.117. The molecule has 2 heteroatoms. The standard InChI is InChI=1S/C13H20O2/c1-10(2)13(3,9-14)8-11-5-4-6-12(15)7-11/h4-7,10,14-15H,8-9H2,1-3H3. The third-order valence-corrected chi connectivity index (χ3v) is 3.27. The number of aliphatic hydroxyl groups is 1. The Morgan fingerprint density at radius 2 is 2.00 bits per heavy atom. The van der Waals surface area contributed by atoms with Gasteiger partial charge >= 0.3 is 0 Å². The Balaban J connectivity index is 2.84. The molecule has 0 amide bonds. The molecule has 1 aromatic rings. The van der Waals surface area contributed by atoms with Crippen LogP contribution in [0.1, 0.15) is 26.3 Å². The highest BCUT2D eigenvalue weighted by atomic mass is 16.3. The van der Waals surface area contributed by atoms with Gasteiger partial charge in [0.1, 0.15) is 5.75 Å². The molecule has 0 saturated heterocycles. The van der Waals surface area contributed by atoms with Crippen molar-refractivity contribution in [1.29, 1.82) is 0 Å². The summed E-state index contributed by atoms with van der Waals surface area (Å²) < 4.78 is 0. The smallest absolute Gasteiger partial charge is 0.115 e. The van der Waals surface area contributed by atoms with Gasteiger partial charge in [-0.25, -0.2) is 0 Å². The Kier molecular flexibility index (Phi) is 3.75. The number of hydrogen-bond donors (Lipinski definition) is 2. The van der Waals surface area contributed by atoms with E-state index in [0.717, 1.165) is 12.0 Å². The number of phenols is 1. The summed E-state index contributed by atoms with van der Waals surface area (Å²) in [6, 6.07) is 7.24. The largest absolute Gasteiger partial charge is 0.508 e. The van der Waals surface area contributed by atoms with Crippen molar-refractivity contribution in [3.8, 4) is 5.75 Å². The van der Waals surface area contributed by atoms with Crippen LogP contribution in [0, 0.1) is 11.3 Å². The molecule has 0 aliphatic rings. The van der Waals surface area contributed by atoms with Crippen molar-refractivity contribution in [2.24, 2.45) is 11.3 Å². The van der Waals surface area contributed by atoms with E-state index in [1.54, 1.807) is 12.1 Å². The maximum absolute atomic E-state index is 9.42. The van der Waals surface area contributed by atoms with Gasteiger partial charge in [-0.3, -0.25) is 0 Å². The van der Waals surface area contributed by atoms with Gasteiger partial charge in [0.05, 0.1) is 0 Å². The lowest BCUT2D eigenvalue weighted by atomic mass is 9.75. The van der Waals surface area contributed by atoms with Crippen LogP contribution in [-0.4, -0.2) is 16.8 Å². The van der Waals surface area contributed by atoms with E-state index in [4.69, 9.17) is 0 Å². The van der Waals surface area contributed by atoms with Gasteiger partial charge < -0.3 is 10.2 Å². The molecule has 1 unspecified atom stereocenters. The van der Waals surface area contributed by atoms with Gasteiger partial charge in [0.25, 0.3) is 0 Å². The van der Waals surface area contributed by atoms with Gasteiger partial charge in [-0.05, 0) is 35.4 Å². The lowest BCUT2D eigenvalue weighted by molar-refractivity contribution is 0.0947. The van der Waals surface area contributed by atoms with E-state index in [1.807, 2.05) is 12.1 Å². The molecule has 0 radical (unpaired) electrons. The highest BCUT2D eigenvalue weighted by Gasteiger charge is 2.27. The van der Waals surface area contributed by atoms with Gasteiger partial charge in [0, 0.05) is 6.61 Å². The van der Waals surface area contributed by atoms with Crippen molar-refractivity contribution in [3.05, 3.63) is 29.8 Å². The maximum atomic E-state index is 9.42. The van der Waals surface area contributed by atoms with E-state index in [1.165, 1.54) is 0 Å². The van der Waals surface area contributed by atoms with Crippen LogP contribution in [0.2, 0.25) is 0 Å². The SMILES string of the molecule is CC(C)C(C)(CO)Cc1cccc(O)c1. The minimum absolute atomic E-state index is 0.117. The van der Waals surface area contributed by atoms with Crippen LogP contribution < -0.4 is 0 Å². The second-order valence-corrected chi connectivity index (χ2v) is 4.81. The van der Waals surface area contributed by atoms with Crippen LogP contribution in [0.5, 0.6) is 5.75 Å². The van der Waals surface area contributed by atoms with Crippen LogP contribution in [0.4, 0.5) is 0 Å². The molecule has 0 bridgehead atoms. The molecule has 0 heterocycles. The molecular formula is C13H20O2. The van der Waals surface area contributed by atoms with Gasteiger partial charge in [-0.15, -0.1) is 0 Å². The molecular weight excluding hydrogens is 188 g/mol. The number of phenolic OH excluding ortho intramolecular Hbond substituents is 1. The summed E-state index contributed by atoms with van der Waals surface area (Å²) in [6.45, 7) is 6.46. The second kappa shape index (κ2) is 4.67. The molecule has 2 nitrogen and oxygen atoms in total. The molecule has 1 aromatic carbocycles. The zero-order chi connectivity index (χ0) is 11.5. The fourth-order valence-electron chi connectivity index (χ4n) is 1.58. The van der Waals surface area contributed by atoms with E-state index in [9.17, 15) is 10.2 Å². The molecule has 1 rings (SSSR count). The molecule has 84 valence electrons. The Labute approximate surface area is 91.6 Å². The summed E-state index contributed by atoms with van der Waals surface area (Å²) in [5.41, 5.74) is 0.952. The topological polar surface area (TPSA) is 40.5 Å². The van der Waals surface area contributed by atoms with Crippen LogP contribution >= 0.6 is 0 Å². The molecule has 15 heavy (non-hydrogen) atoms. The zero-order valence-corrected chi connectivity index (χ0v) is 9.70. The second-order valence-electron chi connectivity index (χ2n) is 4.81. The predicted molar refractivity (Wildman–Crippen MR) is 61.8 cm³/mol. The van der Waals surface area contributed by atoms with Crippen molar-refractivity contribution in [3.63, 3.8) is 0 Å². The average Bonchev–Trinajstić information content (AvgIpc) is 2.17. The number of rotatable bonds is 4. The van der Waals surface area contributed by atoms with E-state index in [2.05, 4.69) is 20.8 Å². The summed E-state index contributed by atoms with van der Waals surface area (Å²) >= 11 is 0. The number of aliphatic hydroxyl groups excluding tert-OH is 1. The summed E-state index contributed by atoms with van der Waals surface area (Å²) in [7, 11) is 0. The first-order valence-electron chi connectivity index (χ1n) is 5.37. The van der Waals surface area contributed by atoms with Crippen molar-refractivity contribution < 1.29 is 10.2 Å². The van der Waals surface area contributed by atoms with E-state index >= 15 is 0 Å². The summed E-state index contributed by atoms with van der Waals surface area (Å²) in [6.07, 6.45) is 0.787. The van der Waals surface area contributed by atoms with E-state index < -0.39 is 0 Å². The van der Waals surface area contributed by atoms with Crippen LogP contribution in [0.15, 0.2) is 24.3 Å². The lowest BCUT2D eigenvalue weighted by Gasteiger charge is -2.31. The molecule has 0 saturated carbocycles. The maximum Gasteiger partial charge on any atom is 0.115 e. The quantitative estimate of drug-likeness (QED) is 0.798. The Hall–Kier alpha value is -1.02. The Bertz CT molecular complexity index is 320. The first-order chi connectivity index (χ1) is 6.98. The van der Waals surface area contributed by atoms with Gasteiger partial charge in [0.2, 0.25) is 0 Å². The molecule has 0 aliphatic carbocycles. The Morgan fingerprint density at radius 1 is 1.33 bits per heavy atom. The fraction of sp³-hybridized carbons (Fsp3) is 0.538. The summed E-state index contributed by atoms with van der Waals surface area (Å²) in [5, 5.41) is 18.8. The highest BCUT2D eigenvalue weighted by Crippen LogP contribution is 2.31. The van der Waals surface area contributed by atoms with Gasteiger partial charge in [0.15, 0.2) is 0 Å². The predicted octanol–water partition coefficient (Wildman–Crippen LogP) is 2.59. The first-order valence-corrected chi connectivity index (χ1v) is 5.37. The molecule has 0 aliphatic heterocycles. The van der Waals surface area contributed by atoms with Gasteiger partial charge in [-0.2, -0.15) is 0 Å². The molecule has 0 spiro atoms. The monoisotopic (exact) mass is 208 g/mol. The first kappa shape index (κ1) is 12.1. The third-order valence-electron chi connectivity index (χ3n) is 3.27. The van der Waals surface area contributed by atoms with Crippen LogP contribution in [-0.2, 0) is 6.42 Å². The number of benzene rings is 1. The number of aromatic hydroxyl groups is 1. The summed E-state index contributed by atoms with van der Waals surface area (Å²) in [5.74, 6) is 0.696. The number of hydrogen-bond acceptors (Lipinski definition) is 2. The highest BCUT2D eigenvalue weighted by molar-refractivity contribution is 5.27. The molecule has 0 fully saturated rings. The van der Waals surface area contributed by atoms with Crippen molar-refractivity contribution >= 4 is 0 Å². The van der Waals surface area contributed by atoms with Crippen LogP contribution in [0.3, 0.4) is 0 Å². The molecule has 2 N–H and O–H groups in total. The van der Waals surface area contributed by atoms with Crippen molar-refractivity contribution in [2.45, 2.75) is 27.2 Å². The fourth-order valence-corrected chi connectivity index (χ4v) is 1.58. The van der Waals surface area contributed by atoms with E-state index in [0.29, 0.717) is 5.92 Å². The normalized spacial score (nSPS) is 15.3. The molecule has 0 aromatic heterocycles. The van der Waals surface area contributed by atoms with Crippen LogP contribution in [0.25, 0.3) is 0 Å². The minimum Gasteiger partial charge on any atom is -0.508 e. The van der Waals surface area contributed by atoms with Crippen molar-refractivity contribution in [1.82, 2.24) is 0 Å². The van der Waals surface area contributed by atoms with Gasteiger partial charge in [-0.1, -0.05) is 32.9 Å². The third kappa shape index (κ3) is 2.96. The average molecular weight is 208 g/mol. The lowest BCUT2D eigenvalue weighted by Crippen LogP contribution is -2.30. The Morgan fingerprint density at radius 3 is 2.47 bits per heavy atom. The van der Waals surface area contributed by atoms with E-state index in [-0.39, 0.29) is 17.8 Å². The van der Waals surface area contributed by atoms with Crippen molar-refractivity contribution in [2.75, 3.05) is 6.61 Å². The summed E-state index contributed by atoms with van der Waals surface area (Å²) in [4.78, 5) is 0. The zero-order valence-electron chi connectivity index (χ0n) is 9.70.